The minimum atomic E-state index is -0.538. The van der Waals surface area contributed by atoms with E-state index in [0.717, 1.165) is 21.5 Å². The van der Waals surface area contributed by atoms with Crippen molar-refractivity contribution in [2.45, 2.75) is 17.9 Å². The van der Waals surface area contributed by atoms with Gasteiger partial charge in [-0.3, -0.25) is 0 Å². The van der Waals surface area contributed by atoms with Crippen molar-refractivity contribution in [3.8, 4) is 5.75 Å². The molecule has 1 atom stereocenters. The molecule has 0 aromatic heterocycles. The number of aliphatic hydroxyl groups is 1. The minimum absolute atomic E-state index is 0.538. The lowest BCUT2D eigenvalue weighted by atomic mass is 10.1. The second-order valence-corrected chi connectivity index (χ2v) is 6.45. The molecular formula is C16H17BrO2S. The normalized spacial score (nSPS) is 12.2. The Kier molecular flexibility index (Phi) is 5.95. The summed E-state index contributed by atoms with van der Waals surface area (Å²) in [5, 5.41) is 9.76. The van der Waals surface area contributed by atoms with Crippen molar-refractivity contribution in [3.63, 3.8) is 0 Å². The topological polar surface area (TPSA) is 29.5 Å². The molecule has 20 heavy (non-hydrogen) atoms. The van der Waals surface area contributed by atoms with E-state index in [-0.39, 0.29) is 0 Å². The van der Waals surface area contributed by atoms with Gasteiger partial charge in [0.15, 0.2) is 0 Å². The molecule has 4 heteroatoms. The van der Waals surface area contributed by atoms with Crippen molar-refractivity contribution in [1.29, 1.82) is 0 Å². The summed E-state index contributed by atoms with van der Waals surface area (Å²) in [5.41, 5.74) is 0.809. The van der Waals surface area contributed by atoms with Gasteiger partial charge in [0.2, 0.25) is 0 Å². The van der Waals surface area contributed by atoms with Crippen LogP contribution in [0.2, 0.25) is 0 Å². The van der Waals surface area contributed by atoms with Gasteiger partial charge in [0, 0.05) is 20.7 Å². The summed E-state index contributed by atoms with van der Waals surface area (Å²) in [5.74, 6) is 1.62. The lowest BCUT2D eigenvalue weighted by Gasteiger charge is -2.13. The third kappa shape index (κ3) is 4.54. The van der Waals surface area contributed by atoms with Gasteiger partial charge in [0.05, 0.1) is 12.7 Å². The molecule has 0 fully saturated rings. The van der Waals surface area contributed by atoms with Crippen LogP contribution in [0.15, 0.2) is 57.9 Å². The Morgan fingerprint density at radius 3 is 2.65 bits per heavy atom. The summed E-state index contributed by atoms with van der Waals surface area (Å²) in [7, 11) is 0. The van der Waals surface area contributed by atoms with Crippen molar-refractivity contribution in [1.82, 2.24) is 0 Å². The van der Waals surface area contributed by atoms with Gasteiger partial charge >= 0.3 is 0 Å². The fourth-order valence-corrected chi connectivity index (χ4v) is 2.94. The highest BCUT2D eigenvalue weighted by Gasteiger charge is 2.09. The molecule has 2 rings (SSSR count). The van der Waals surface area contributed by atoms with Crippen LogP contribution in [0.3, 0.4) is 0 Å². The number of hydrogen-bond acceptors (Lipinski definition) is 3. The van der Waals surface area contributed by atoms with Crippen LogP contribution in [0.25, 0.3) is 0 Å². The standard InChI is InChI=1S/C16H17BrO2S/c1-12(18)15-11-13(17)7-8-16(15)19-9-10-20-14-5-3-2-4-6-14/h2-8,11-12,18H,9-10H2,1H3/t12-/m0/s1. The third-order valence-electron chi connectivity index (χ3n) is 2.77. The number of aliphatic hydroxyl groups excluding tert-OH is 1. The van der Waals surface area contributed by atoms with E-state index >= 15 is 0 Å². The fraction of sp³-hybridized carbons (Fsp3) is 0.250. The Labute approximate surface area is 132 Å². The molecule has 2 nitrogen and oxygen atoms in total. The van der Waals surface area contributed by atoms with Gasteiger partial charge in [-0.15, -0.1) is 11.8 Å². The Morgan fingerprint density at radius 1 is 1.20 bits per heavy atom. The molecule has 0 spiro atoms. The van der Waals surface area contributed by atoms with Crippen LogP contribution in [0.1, 0.15) is 18.6 Å². The van der Waals surface area contributed by atoms with Crippen molar-refractivity contribution >= 4 is 27.7 Å². The van der Waals surface area contributed by atoms with Crippen molar-refractivity contribution in [3.05, 3.63) is 58.6 Å². The summed E-state index contributed by atoms with van der Waals surface area (Å²) < 4.78 is 6.72. The molecule has 0 saturated carbocycles. The Hall–Kier alpha value is -0.970. The van der Waals surface area contributed by atoms with E-state index < -0.39 is 6.10 Å². The maximum Gasteiger partial charge on any atom is 0.125 e. The number of halogens is 1. The Bertz CT molecular complexity index is 543. The molecule has 0 heterocycles. The molecule has 0 unspecified atom stereocenters. The van der Waals surface area contributed by atoms with Gasteiger partial charge in [0.25, 0.3) is 0 Å². The van der Waals surface area contributed by atoms with E-state index in [1.54, 1.807) is 18.7 Å². The van der Waals surface area contributed by atoms with E-state index in [0.29, 0.717) is 6.61 Å². The van der Waals surface area contributed by atoms with Gasteiger partial charge in [0.1, 0.15) is 5.75 Å². The van der Waals surface area contributed by atoms with E-state index in [2.05, 4.69) is 28.1 Å². The molecular weight excluding hydrogens is 336 g/mol. The summed E-state index contributed by atoms with van der Waals surface area (Å²) in [6.45, 7) is 2.36. The summed E-state index contributed by atoms with van der Waals surface area (Å²) >= 11 is 5.17. The number of benzene rings is 2. The molecule has 0 aliphatic carbocycles. The molecule has 106 valence electrons. The lowest BCUT2D eigenvalue weighted by Crippen LogP contribution is -2.04. The first-order valence-electron chi connectivity index (χ1n) is 6.45. The maximum absolute atomic E-state index is 9.76. The second kappa shape index (κ2) is 7.72. The highest BCUT2D eigenvalue weighted by atomic mass is 79.9. The van der Waals surface area contributed by atoms with Crippen molar-refractivity contribution in [2.75, 3.05) is 12.4 Å². The Morgan fingerprint density at radius 2 is 1.95 bits per heavy atom. The highest BCUT2D eigenvalue weighted by molar-refractivity contribution is 9.10. The monoisotopic (exact) mass is 352 g/mol. The summed E-state index contributed by atoms with van der Waals surface area (Å²) in [6, 6.07) is 16.0. The second-order valence-electron chi connectivity index (χ2n) is 4.37. The molecule has 0 bridgehead atoms. The third-order valence-corrected chi connectivity index (χ3v) is 4.24. The minimum Gasteiger partial charge on any atom is -0.492 e. The molecule has 0 saturated heterocycles. The zero-order valence-electron chi connectivity index (χ0n) is 11.3. The average Bonchev–Trinajstić information content (AvgIpc) is 2.45. The van der Waals surface area contributed by atoms with Gasteiger partial charge in [-0.1, -0.05) is 34.1 Å². The molecule has 0 aliphatic heterocycles. The molecule has 0 amide bonds. The van der Waals surface area contributed by atoms with Crippen molar-refractivity contribution < 1.29 is 9.84 Å². The zero-order chi connectivity index (χ0) is 14.4. The van der Waals surface area contributed by atoms with Gasteiger partial charge < -0.3 is 9.84 Å². The molecule has 2 aromatic carbocycles. The maximum atomic E-state index is 9.76. The predicted octanol–water partition coefficient (Wildman–Crippen LogP) is 4.67. The van der Waals surface area contributed by atoms with Crippen LogP contribution in [-0.4, -0.2) is 17.5 Å². The SMILES string of the molecule is C[C@H](O)c1cc(Br)ccc1OCCSc1ccccc1. The van der Waals surface area contributed by atoms with Gasteiger partial charge in [-0.05, 0) is 37.3 Å². The Balaban J connectivity index is 1.88. The van der Waals surface area contributed by atoms with Crippen LogP contribution in [0.5, 0.6) is 5.75 Å². The largest absolute Gasteiger partial charge is 0.492 e. The average molecular weight is 353 g/mol. The molecule has 1 N–H and O–H groups in total. The molecule has 2 aromatic rings. The number of rotatable bonds is 6. The zero-order valence-corrected chi connectivity index (χ0v) is 13.7. The predicted molar refractivity (Wildman–Crippen MR) is 87.4 cm³/mol. The van der Waals surface area contributed by atoms with Crippen LogP contribution >= 0.6 is 27.7 Å². The first-order chi connectivity index (χ1) is 9.66. The van der Waals surface area contributed by atoms with Crippen molar-refractivity contribution in [2.24, 2.45) is 0 Å². The highest BCUT2D eigenvalue weighted by Crippen LogP contribution is 2.28. The van der Waals surface area contributed by atoms with Crippen LogP contribution in [0.4, 0.5) is 0 Å². The quantitative estimate of drug-likeness (QED) is 0.604. The number of ether oxygens (including phenoxy) is 1. The first-order valence-corrected chi connectivity index (χ1v) is 8.23. The lowest BCUT2D eigenvalue weighted by molar-refractivity contribution is 0.192. The van der Waals surface area contributed by atoms with Crippen LogP contribution < -0.4 is 4.74 Å². The fourth-order valence-electron chi connectivity index (χ4n) is 1.81. The smallest absolute Gasteiger partial charge is 0.125 e. The van der Waals surface area contributed by atoms with E-state index in [1.807, 2.05) is 36.4 Å². The van der Waals surface area contributed by atoms with E-state index in [9.17, 15) is 5.11 Å². The van der Waals surface area contributed by atoms with E-state index in [1.165, 1.54) is 4.90 Å². The number of hydrogen-bond donors (Lipinski definition) is 1. The molecule has 0 aliphatic rings. The number of thioether (sulfide) groups is 1. The molecule has 0 radical (unpaired) electrons. The summed E-state index contributed by atoms with van der Waals surface area (Å²) in [6.07, 6.45) is -0.538. The van der Waals surface area contributed by atoms with Crippen LogP contribution in [0, 0.1) is 0 Å². The van der Waals surface area contributed by atoms with Gasteiger partial charge in [-0.2, -0.15) is 0 Å². The van der Waals surface area contributed by atoms with Crippen LogP contribution in [-0.2, 0) is 0 Å². The van der Waals surface area contributed by atoms with Gasteiger partial charge in [-0.25, -0.2) is 0 Å². The summed E-state index contributed by atoms with van der Waals surface area (Å²) in [4.78, 5) is 1.24. The van der Waals surface area contributed by atoms with E-state index in [4.69, 9.17) is 4.74 Å². The first kappa shape index (κ1) is 15.4.